The number of rotatable bonds is 5. The van der Waals surface area contributed by atoms with Crippen molar-refractivity contribution in [2.45, 2.75) is 25.7 Å². The highest BCUT2D eigenvalue weighted by atomic mass is 19.3. The molecule has 0 aliphatic heterocycles. The van der Waals surface area contributed by atoms with Crippen molar-refractivity contribution in [1.29, 1.82) is 0 Å². The van der Waals surface area contributed by atoms with Crippen molar-refractivity contribution in [2.75, 3.05) is 14.2 Å². The van der Waals surface area contributed by atoms with Crippen LogP contribution in [0, 0.1) is 0 Å². The number of esters is 1. The Labute approximate surface area is 105 Å². The number of ether oxygens (including phenoxy) is 2. The molecule has 0 spiro atoms. The highest BCUT2D eigenvalue weighted by Gasteiger charge is 2.44. The van der Waals surface area contributed by atoms with Crippen LogP contribution in [0.25, 0.3) is 0 Å². The molecular weight excluding hydrogens is 242 g/mol. The van der Waals surface area contributed by atoms with Gasteiger partial charge in [0.15, 0.2) is 0 Å². The summed E-state index contributed by atoms with van der Waals surface area (Å²) in [6, 6.07) is 4.44. The number of benzene rings is 1. The molecule has 3 nitrogen and oxygen atoms in total. The van der Waals surface area contributed by atoms with Crippen LogP contribution in [-0.2, 0) is 21.9 Å². The van der Waals surface area contributed by atoms with Crippen LogP contribution in [0.4, 0.5) is 8.78 Å². The number of halogens is 2. The van der Waals surface area contributed by atoms with E-state index in [9.17, 15) is 13.6 Å². The first-order valence-electron chi connectivity index (χ1n) is 5.61. The minimum Gasteiger partial charge on any atom is -0.496 e. The molecule has 0 saturated heterocycles. The summed E-state index contributed by atoms with van der Waals surface area (Å²) < 4.78 is 36.7. The summed E-state index contributed by atoms with van der Waals surface area (Å²) in [5, 5.41) is 0. The van der Waals surface area contributed by atoms with Crippen LogP contribution in [0.15, 0.2) is 18.2 Å². The van der Waals surface area contributed by atoms with Gasteiger partial charge in [0.25, 0.3) is 0 Å². The van der Waals surface area contributed by atoms with E-state index in [0.717, 1.165) is 19.1 Å². The van der Waals surface area contributed by atoms with Crippen molar-refractivity contribution >= 4 is 5.97 Å². The molecule has 0 aromatic heterocycles. The van der Waals surface area contributed by atoms with Crippen molar-refractivity contribution in [1.82, 2.24) is 0 Å². The van der Waals surface area contributed by atoms with Crippen molar-refractivity contribution in [3.8, 4) is 5.75 Å². The summed E-state index contributed by atoms with van der Waals surface area (Å²) in [4.78, 5) is 11.1. The van der Waals surface area contributed by atoms with Crippen LogP contribution in [0.2, 0.25) is 0 Å². The quantitative estimate of drug-likeness (QED) is 0.762. The van der Waals surface area contributed by atoms with E-state index in [1.807, 2.05) is 6.92 Å². The van der Waals surface area contributed by atoms with Crippen LogP contribution in [-0.4, -0.2) is 20.2 Å². The number of carbonyl (C=O) groups is 1. The van der Waals surface area contributed by atoms with E-state index in [2.05, 4.69) is 4.74 Å². The second-order valence-electron chi connectivity index (χ2n) is 3.85. The summed E-state index contributed by atoms with van der Waals surface area (Å²) in [7, 11) is 2.21. The van der Waals surface area contributed by atoms with Gasteiger partial charge in [-0.05, 0) is 24.1 Å². The molecule has 100 valence electrons. The average Bonchev–Trinajstić information content (AvgIpc) is 2.38. The fraction of sp³-hybridized carbons (Fsp3) is 0.462. The summed E-state index contributed by atoms with van der Waals surface area (Å²) >= 11 is 0. The summed E-state index contributed by atoms with van der Waals surface area (Å²) in [6.07, 6.45) is 1.49. The summed E-state index contributed by atoms with van der Waals surface area (Å²) in [5.74, 6) is -5.32. The minimum atomic E-state index is -3.70. The number of carbonyl (C=O) groups excluding carboxylic acids is 1. The SMILES string of the molecule is CCCc1ccc(OC)c(C(F)(F)C(=O)OC)c1. The Hall–Kier alpha value is -1.65. The largest absolute Gasteiger partial charge is 0.496 e. The molecule has 0 N–H and O–H groups in total. The molecule has 1 aromatic carbocycles. The summed E-state index contributed by atoms with van der Waals surface area (Å²) in [6.45, 7) is 1.95. The molecule has 0 radical (unpaired) electrons. The van der Waals surface area contributed by atoms with Gasteiger partial charge in [0.2, 0.25) is 0 Å². The van der Waals surface area contributed by atoms with Crippen LogP contribution in [0.1, 0.15) is 24.5 Å². The van der Waals surface area contributed by atoms with E-state index in [-0.39, 0.29) is 5.75 Å². The zero-order chi connectivity index (χ0) is 13.8. The Kier molecular flexibility index (Phi) is 4.64. The van der Waals surface area contributed by atoms with Gasteiger partial charge in [0, 0.05) is 0 Å². The fourth-order valence-corrected chi connectivity index (χ4v) is 1.68. The molecule has 0 bridgehead atoms. The van der Waals surface area contributed by atoms with Crippen LogP contribution >= 0.6 is 0 Å². The Morgan fingerprint density at radius 3 is 2.50 bits per heavy atom. The van der Waals surface area contributed by atoms with Crippen molar-refractivity contribution in [3.05, 3.63) is 29.3 Å². The minimum absolute atomic E-state index is 0.0229. The second-order valence-corrected chi connectivity index (χ2v) is 3.85. The third kappa shape index (κ3) is 2.78. The Balaban J connectivity index is 3.26. The maximum absolute atomic E-state index is 13.9. The predicted octanol–water partition coefficient (Wildman–Crippen LogP) is 2.91. The van der Waals surface area contributed by atoms with E-state index >= 15 is 0 Å². The van der Waals surface area contributed by atoms with E-state index < -0.39 is 17.5 Å². The third-order valence-corrected chi connectivity index (χ3v) is 2.58. The molecule has 18 heavy (non-hydrogen) atoms. The molecule has 1 aromatic rings. The van der Waals surface area contributed by atoms with Crippen LogP contribution in [0.3, 0.4) is 0 Å². The topological polar surface area (TPSA) is 35.5 Å². The lowest BCUT2D eigenvalue weighted by Crippen LogP contribution is -2.28. The Bertz CT molecular complexity index is 430. The van der Waals surface area contributed by atoms with E-state index in [1.54, 1.807) is 6.07 Å². The Morgan fingerprint density at radius 2 is 2.00 bits per heavy atom. The standard InChI is InChI=1S/C13H16F2O3/c1-4-5-9-6-7-11(17-2)10(8-9)13(14,15)12(16)18-3/h6-8H,4-5H2,1-3H3. The van der Waals surface area contributed by atoms with Gasteiger partial charge in [-0.15, -0.1) is 0 Å². The number of hydrogen-bond donors (Lipinski definition) is 0. The lowest BCUT2D eigenvalue weighted by Gasteiger charge is -2.18. The number of methoxy groups -OCH3 is 2. The van der Waals surface area contributed by atoms with Crippen molar-refractivity contribution in [2.24, 2.45) is 0 Å². The molecule has 0 aliphatic carbocycles. The first-order valence-corrected chi connectivity index (χ1v) is 5.61. The van der Waals surface area contributed by atoms with E-state index in [4.69, 9.17) is 4.74 Å². The van der Waals surface area contributed by atoms with Gasteiger partial charge in [-0.1, -0.05) is 19.4 Å². The summed E-state index contributed by atoms with van der Waals surface area (Å²) in [5.41, 5.74) is 0.277. The molecule has 0 amide bonds. The highest BCUT2D eigenvalue weighted by molar-refractivity contribution is 5.80. The second kappa shape index (κ2) is 5.80. The van der Waals surface area contributed by atoms with Gasteiger partial charge in [0.1, 0.15) is 5.75 Å². The first kappa shape index (κ1) is 14.4. The smallest absolute Gasteiger partial charge is 0.381 e. The number of alkyl halides is 2. The zero-order valence-corrected chi connectivity index (χ0v) is 10.6. The van der Waals surface area contributed by atoms with Crippen LogP contribution in [0.5, 0.6) is 5.75 Å². The normalized spacial score (nSPS) is 11.2. The molecule has 0 aliphatic rings. The van der Waals surface area contributed by atoms with Gasteiger partial charge in [-0.2, -0.15) is 8.78 Å². The van der Waals surface area contributed by atoms with Gasteiger partial charge in [0.05, 0.1) is 19.8 Å². The molecule has 0 unspecified atom stereocenters. The third-order valence-electron chi connectivity index (χ3n) is 2.58. The monoisotopic (exact) mass is 258 g/mol. The first-order chi connectivity index (χ1) is 8.47. The molecule has 1 rings (SSSR count). The van der Waals surface area contributed by atoms with Gasteiger partial charge in [-0.25, -0.2) is 4.79 Å². The Morgan fingerprint density at radius 1 is 1.33 bits per heavy atom. The van der Waals surface area contributed by atoms with E-state index in [0.29, 0.717) is 6.42 Å². The van der Waals surface area contributed by atoms with Crippen molar-refractivity contribution in [3.63, 3.8) is 0 Å². The number of hydrogen-bond acceptors (Lipinski definition) is 3. The molecule has 5 heteroatoms. The molecule has 0 fully saturated rings. The van der Waals surface area contributed by atoms with Gasteiger partial charge in [-0.3, -0.25) is 0 Å². The van der Waals surface area contributed by atoms with Crippen molar-refractivity contribution < 1.29 is 23.0 Å². The van der Waals surface area contributed by atoms with E-state index in [1.165, 1.54) is 19.2 Å². The highest BCUT2D eigenvalue weighted by Crippen LogP contribution is 2.36. The lowest BCUT2D eigenvalue weighted by molar-refractivity contribution is -0.170. The molecule has 0 saturated carbocycles. The average molecular weight is 258 g/mol. The van der Waals surface area contributed by atoms with Gasteiger partial charge >= 0.3 is 11.9 Å². The molecule has 0 atom stereocenters. The predicted molar refractivity (Wildman–Crippen MR) is 62.9 cm³/mol. The lowest BCUT2D eigenvalue weighted by atomic mass is 10.0. The zero-order valence-electron chi connectivity index (χ0n) is 10.6. The molecule has 0 heterocycles. The fourth-order valence-electron chi connectivity index (χ4n) is 1.68. The number of aryl methyl sites for hydroxylation is 1. The maximum Gasteiger partial charge on any atom is 0.381 e. The van der Waals surface area contributed by atoms with Crippen LogP contribution < -0.4 is 4.74 Å². The molecular formula is C13H16F2O3. The van der Waals surface area contributed by atoms with Gasteiger partial charge < -0.3 is 9.47 Å². The maximum atomic E-state index is 13.9.